The summed E-state index contributed by atoms with van der Waals surface area (Å²) in [5, 5.41) is 9.65. The van der Waals surface area contributed by atoms with E-state index in [0.29, 0.717) is 22.4 Å². The molecule has 0 aliphatic rings. The van der Waals surface area contributed by atoms with Gasteiger partial charge in [0, 0.05) is 10.6 Å². The van der Waals surface area contributed by atoms with Gasteiger partial charge in [-0.05, 0) is 49.2 Å². The zero-order valence-corrected chi connectivity index (χ0v) is 16.1. The van der Waals surface area contributed by atoms with Crippen LogP contribution in [0.4, 0.5) is 0 Å². The second kappa shape index (κ2) is 7.93. The number of para-hydroxylation sites is 1. The van der Waals surface area contributed by atoms with E-state index in [9.17, 15) is 4.79 Å². The summed E-state index contributed by atoms with van der Waals surface area (Å²) < 4.78 is 1.97. The molecule has 3 aromatic rings. The Balaban J connectivity index is 2.15. The van der Waals surface area contributed by atoms with Crippen LogP contribution in [0.3, 0.4) is 0 Å². The Morgan fingerprint density at radius 2 is 1.88 bits per heavy atom. The normalized spacial score (nSPS) is 12.1. The monoisotopic (exact) mass is 386 g/mol. The van der Waals surface area contributed by atoms with Crippen LogP contribution in [0, 0.1) is 6.92 Å². The zero-order chi connectivity index (χ0) is 18.7. The molecule has 1 amide bonds. The Labute approximate surface area is 161 Å². The third kappa shape index (κ3) is 3.76. The van der Waals surface area contributed by atoms with Crippen molar-refractivity contribution in [3.63, 3.8) is 0 Å². The van der Waals surface area contributed by atoms with E-state index in [0.717, 1.165) is 16.8 Å². The van der Waals surface area contributed by atoms with Crippen LogP contribution in [0.25, 0.3) is 17.1 Å². The van der Waals surface area contributed by atoms with Crippen molar-refractivity contribution in [3.05, 3.63) is 59.1 Å². The van der Waals surface area contributed by atoms with E-state index in [1.54, 1.807) is 0 Å². The van der Waals surface area contributed by atoms with E-state index < -0.39 is 0 Å². The Hall–Kier alpha value is -2.31. The van der Waals surface area contributed by atoms with E-state index in [-0.39, 0.29) is 11.2 Å². The number of nitrogens with zero attached hydrogens (tertiary/aromatic N) is 3. The first kappa shape index (κ1) is 18.5. The predicted octanol–water partition coefficient (Wildman–Crippen LogP) is 4.25. The van der Waals surface area contributed by atoms with Crippen molar-refractivity contribution in [2.75, 3.05) is 0 Å². The molecular weight excluding hydrogens is 368 g/mol. The number of carbonyl (C=O) groups excluding carboxylic acids is 1. The van der Waals surface area contributed by atoms with Crippen LogP contribution in [-0.4, -0.2) is 25.9 Å². The van der Waals surface area contributed by atoms with Gasteiger partial charge in [-0.2, -0.15) is 0 Å². The minimum atomic E-state index is -0.361. The SMILES string of the molecule is CCC(Sc1nnc(-c2ccc(Cl)cc2)n1-c1ccccc1C)C(N)=O. The van der Waals surface area contributed by atoms with Gasteiger partial charge in [-0.25, -0.2) is 0 Å². The molecule has 0 spiro atoms. The lowest BCUT2D eigenvalue weighted by molar-refractivity contribution is -0.117. The summed E-state index contributed by atoms with van der Waals surface area (Å²) in [5.41, 5.74) is 8.45. The average molecular weight is 387 g/mol. The topological polar surface area (TPSA) is 73.8 Å². The number of aromatic nitrogens is 3. The van der Waals surface area contributed by atoms with Crippen molar-refractivity contribution in [1.82, 2.24) is 14.8 Å². The minimum absolute atomic E-state index is 0.357. The maximum Gasteiger partial charge on any atom is 0.231 e. The molecule has 1 atom stereocenters. The first-order valence-corrected chi connectivity index (χ1v) is 9.50. The summed E-state index contributed by atoms with van der Waals surface area (Å²) in [6, 6.07) is 15.4. The Bertz CT molecular complexity index is 924. The molecule has 5 nitrogen and oxygen atoms in total. The van der Waals surface area contributed by atoms with Gasteiger partial charge in [-0.1, -0.05) is 48.5 Å². The standard InChI is InChI=1S/C19H19ClN4OS/c1-3-16(17(21)25)26-19-23-22-18(13-8-10-14(20)11-9-13)24(19)15-7-5-4-6-12(15)2/h4-11,16H,3H2,1-2H3,(H2,21,25). The zero-order valence-electron chi connectivity index (χ0n) is 14.5. The highest BCUT2D eigenvalue weighted by Crippen LogP contribution is 2.32. The van der Waals surface area contributed by atoms with Crippen molar-refractivity contribution in [3.8, 4) is 17.1 Å². The van der Waals surface area contributed by atoms with Crippen LogP contribution in [0.15, 0.2) is 53.7 Å². The van der Waals surface area contributed by atoms with Crippen LogP contribution in [0.5, 0.6) is 0 Å². The number of primary amides is 1. The maximum absolute atomic E-state index is 11.7. The molecule has 2 N–H and O–H groups in total. The number of aryl methyl sites for hydroxylation is 1. The lowest BCUT2D eigenvalue weighted by Crippen LogP contribution is -2.25. The van der Waals surface area contributed by atoms with Crippen LogP contribution in [-0.2, 0) is 4.79 Å². The number of rotatable bonds is 6. The highest BCUT2D eigenvalue weighted by atomic mass is 35.5. The third-order valence-electron chi connectivity index (χ3n) is 4.03. The molecule has 0 radical (unpaired) electrons. The van der Waals surface area contributed by atoms with Gasteiger partial charge in [0.1, 0.15) is 0 Å². The van der Waals surface area contributed by atoms with E-state index in [2.05, 4.69) is 10.2 Å². The summed E-state index contributed by atoms with van der Waals surface area (Å²) in [6.45, 7) is 3.96. The third-order valence-corrected chi connectivity index (χ3v) is 5.61. The van der Waals surface area contributed by atoms with Gasteiger partial charge in [-0.3, -0.25) is 9.36 Å². The fourth-order valence-electron chi connectivity index (χ4n) is 2.63. The second-order valence-electron chi connectivity index (χ2n) is 5.85. The number of amides is 1. The lowest BCUT2D eigenvalue weighted by Gasteiger charge is -2.15. The van der Waals surface area contributed by atoms with Crippen molar-refractivity contribution >= 4 is 29.3 Å². The minimum Gasteiger partial charge on any atom is -0.369 e. The molecule has 7 heteroatoms. The Kier molecular flexibility index (Phi) is 5.64. The summed E-state index contributed by atoms with van der Waals surface area (Å²) in [6.07, 6.45) is 0.622. The molecule has 0 bridgehead atoms. The van der Waals surface area contributed by atoms with Gasteiger partial charge < -0.3 is 5.73 Å². The molecular formula is C19H19ClN4OS. The molecule has 134 valence electrons. The van der Waals surface area contributed by atoms with Gasteiger partial charge in [0.15, 0.2) is 11.0 Å². The van der Waals surface area contributed by atoms with E-state index in [4.69, 9.17) is 17.3 Å². The Morgan fingerprint density at radius 3 is 2.50 bits per heavy atom. The van der Waals surface area contributed by atoms with Crippen LogP contribution < -0.4 is 5.73 Å². The van der Waals surface area contributed by atoms with Crippen molar-refractivity contribution < 1.29 is 4.79 Å². The maximum atomic E-state index is 11.7. The number of carbonyl (C=O) groups is 1. The van der Waals surface area contributed by atoms with Gasteiger partial charge >= 0.3 is 0 Å². The van der Waals surface area contributed by atoms with Crippen LogP contribution >= 0.6 is 23.4 Å². The Morgan fingerprint density at radius 1 is 1.19 bits per heavy atom. The fraction of sp³-hybridized carbons (Fsp3) is 0.211. The van der Waals surface area contributed by atoms with E-state index in [1.807, 2.05) is 66.9 Å². The molecule has 1 aromatic heterocycles. The van der Waals surface area contributed by atoms with Crippen molar-refractivity contribution in [2.45, 2.75) is 30.7 Å². The summed E-state index contributed by atoms with van der Waals surface area (Å²) in [5.74, 6) is 0.336. The quantitative estimate of drug-likeness (QED) is 0.642. The number of halogens is 1. The second-order valence-corrected chi connectivity index (χ2v) is 7.46. The number of thioether (sulfide) groups is 1. The molecule has 1 unspecified atom stereocenters. The fourth-order valence-corrected chi connectivity index (χ4v) is 3.67. The van der Waals surface area contributed by atoms with Gasteiger partial charge in [0.2, 0.25) is 5.91 Å². The molecule has 26 heavy (non-hydrogen) atoms. The van der Waals surface area contributed by atoms with E-state index in [1.165, 1.54) is 11.8 Å². The highest BCUT2D eigenvalue weighted by Gasteiger charge is 2.22. The number of hydrogen-bond acceptors (Lipinski definition) is 4. The average Bonchev–Trinajstić information content (AvgIpc) is 3.04. The molecule has 0 aliphatic carbocycles. The molecule has 3 rings (SSSR count). The molecule has 0 fully saturated rings. The van der Waals surface area contributed by atoms with Gasteiger partial charge in [-0.15, -0.1) is 10.2 Å². The number of nitrogens with two attached hydrogens (primary N) is 1. The van der Waals surface area contributed by atoms with Gasteiger partial charge in [0.25, 0.3) is 0 Å². The smallest absolute Gasteiger partial charge is 0.231 e. The van der Waals surface area contributed by atoms with Crippen LogP contribution in [0.2, 0.25) is 5.02 Å². The number of benzene rings is 2. The lowest BCUT2D eigenvalue weighted by atomic mass is 10.1. The largest absolute Gasteiger partial charge is 0.369 e. The molecule has 1 heterocycles. The molecule has 0 saturated heterocycles. The van der Waals surface area contributed by atoms with Crippen LogP contribution in [0.1, 0.15) is 18.9 Å². The highest BCUT2D eigenvalue weighted by molar-refractivity contribution is 8.00. The summed E-state index contributed by atoms with van der Waals surface area (Å²) >= 11 is 7.34. The molecule has 0 aliphatic heterocycles. The van der Waals surface area contributed by atoms with E-state index >= 15 is 0 Å². The molecule has 0 saturated carbocycles. The van der Waals surface area contributed by atoms with Crippen molar-refractivity contribution in [1.29, 1.82) is 0 Å². The first-order valence-electron chi connectivity index (χ1n) is 8.24. The predicted molar refractivity (Wildman–Crippen MR) is 106 cm³/mol. The van der Waals surface area contributed by atoms with Crippen molar-refractivity contribution in [2.24, 2.45) is 5.73 Å². The molecule has 2 aromatic carbocycles. The first-order chi connectivity index (χ1) is 12.5. The summed E-state index contributed by atoms with van der Waals surface area (Å²) in [4.78, 5) is 11.7. The summed E-state index contributed by atoms with van der Waals surface area (Å²) in [7, 11) is 0. The van der Waals surface area contributed by atoms with Gasteiger partial charge in [0.05, 0.1) is 10.9 Å². The number of hydrogen-bond donors (Lipinski definition) is 1.